The van der Waals surface area contributed by atoms with Crippen molar-refractivity contribution >= 4 is 33.5 Å². The van der Waals surface area contributed by atoms with Gasteiger partial charge in [-0.1, -0.05) is 11.6 Å². The maximum Gasteiger partial charge on any atom is 0.342 e. The van der Waals surface area contributed by atoms with E-state index in [9.17, 15) is 14.4 Å². The van der Waals surface area contributed by atoms with Gasteiger partial charge < -0.3 is 5.11 Å². The number of aromatic nitrogens is 2. The van der Waals surface area contributed by atoms with Gasteiger partial charge in [-0.2, -0.15) is 0 Å². The first-order chi connectivity index (χ1) is 8.90. The molecule has 0 fully saturated rings. The molecule has 98 valence electrons. The average Bonchev–Trinajstić information content (AvgIpc) is 2.30. The molecule has 2 rings (SSSR count). The van der Waals surface area contributed by atoms with E-state index in [0.29, 0.717) is 15.2 Å². The van der Waals surface area contributed by atoms with E-state index in [1.54, 1.807) is 12.1 Å². The van der Waals surface area contributed by atoms with Crippen LogP contribution in [0.15, 0.2) is 38.5 Å². The summed E-state index contributed by atoms with van der Waals surface area (Å²) in [5.74, 6) is -1.42. The third-order valence-corrected chi connectivity index (χ3v) is 3.21. The highest BCUT2D eigenvalue weighted by Gasteiger charge is 2.13. The summed E-state index contributed by atoms with van der Waals surface area (Å²) in [5.41, 5.74) is -1.84. The molecule has 0 amide bonds. The maximum atomic E-state index is 11.7. The second-order valence-electron chi connectivity index (χ2n) is 3.57. The Bertz CT molecular complexity index is 781. The third kappa shape index (κ3) is 2.61. The smallest absolute Gasteiger partial charge is 0.342 e. The van der Waals surface area contributed by atoms with Crippen LogP contribution in [-0.2, 0) is 0 Å². The fraction of sp³-hybridized carbons (Fsp3) is 0. The number of benzene rings is 1. The second-order valence-corrected chi connectivity index (χ2v) is 4.86. The van der Waals surface area contributed by atoms with Gasteiger partial charge >= 0.3 is 11.7 Å². The van der Waals surface area contributed by atoms with Crippen molar-refractivity contribution < 1.29 is 9.90 Å². The Balaban J connectivity index is 2.75. The van der Waals surface area contributed by atoms with Crippen molar-refractivity contribution in [2.24, 2.45) is 0 Å². The van der Waals surface area contributed by atoms with Gasteiger partial charge in [0.2, 0.25) is 0 Å². The molecule has 1 aromatic heterocycles. The van der Waals surface area contributed by atoms with Gasteiger partial charge in [-0.3, -0.25) is 14.3 Å². The number of carboxylic acids is 1. The number of nitrogens with one attached hydrogen (secondary N) is 1. The molecule has 0 aliphatic carbocycles. The highest BCUT2D eigenvalue weighted by atomic mass is 79.9. The number of H-pyrrole nitrogens is 1. The van der Waals surface area contributed by atoms with Crippen LogP contribution in [0.25, 0.3) is 5.69 Å². The van der Waals surface area contributed by atoms with Gasteiger partial charge in [0.1, 0.15) is 5.56 Å². The van der Waals surface area contributed by atoms with E-state index in [0.717, 1.165) is 10.8 Å². The predicted molar refractivity (Wildman–Crippen MR) is 72.3 cm³/mol. The molecule has 0 aliphatic rings. The molecule has 0 atom stereocenters. The molecule has 1 aromatic carbocycles. The highest BCUT2D eigenvalue weighted by molar-refractivity contribution is 9.10. The summed E-state index contributed by atoms with van der Waals surface area (Å²) in [7, 11) is 0. The summed E-state index contributed by atoms with van der Waals surface area (Å²) in [4.78, 5) is 35.9. The molecule has 8 heteroatoms. The molecule has 0 saturated heterocycles. The topological polar surface area (TPSA) is 92.2 Å². The van der Waals surface area contributed by atoms with Crippen LogP contribution in [0, 0.1) is 0 Å². The van der Waals surface area contributed by atoms with Crippen LogP contribution in [0.5, 0.6) is 0 Å². The Hall–Kier alpha value is -1.86. The van der Waals surface area contributed by atoms with E-state index in [1.165, 1.54) is 6.07 Å². The predicted octanol–water partition coefficient (Wildman–Crippen LogP) is 1.64. The Morgan fingerprint density at radius 2 is 2.05 bits per heavy atom. The molecule has 6 nitrogen and oxygen atoms in total. The van der Waals surface area contributed by atoms with Crippen molar-refractivity contribution in [3.8, 4) is 5.69 Å². The van der Waals surface area contributed by atoms with E-state index in [4.69, 9.17) is 16.7 Å². The fourth-order valence-electron chi connectivity index (χ4n) is 1.48. The lowest BCUT2D eigenvalue weighted by molar-refractivity contribution is 0.0694. The first kappa shape index (κ1) is 13.6. The van der Waals surface area contributed by atoms with Crippen molar-refractivity contribution in [1.29, 1.82) is 0 Å². The minimum Gasteiger partial charge on any atom is -0.477 e. The van der Waals surface area contributed by atoms with Crippen LogP contribution >= 0.6 is 27.5 Å². The zero-order valence-corrected chi connectivity index (χ0v) is 11.5. The number of nitrogens with zero attached hydrogens (tertiary/aromatic N) is 1. The van der Waals surface area contributed by atoms with Crippen LogP contribution in [0.1, 0.15) is 10.4 Å². The molecule has 2 aromatic rings. The Morgan fingerprint density at radius 3 is 2.63 bits per heavy atom. The van der Waals surface area contributed by atoms with Gasteiger partial charge in [0.15, 0.2) is 0 Å². The number of carbonyl (C=O) groups is 1. The largest absolute Gasteiger partial charge is 0.477 e. The SMILES string of the molecule is O=C(O)c1cn(-c2ccc(Cl)cc2Br)c(=O)[nH]c1=O. The van der Waals surface area contributed by atoms with Crippen LogP contribution < -0.4 is 11.2 Å². The van der Waals surface area contributed by atoms with E-state index in [1.807, 2.05) is 4.98 Å². The van der Waals surface area contributed by atoms with Crippen molar-refractivity contribution in [1.82, 2.24) is 9.55 Å². The first-order valence-corrected chi connectivity index (χ1v) is 6.12. The number of carboxylic acid groups (broad SMARTS) is 1. The van der Waals surface area contributed by atoms with E-state index in [2.05, 4.69) is 15.9 Å². The normalized spacial score (nSPS) is 10.4. The quantitative estimate of drug-likeness (QED) is 0.865. The third-order valence-electron chi connectivity index (χ3n) is 2.34. The van der Waals surface area contributed by atoms with Crippen molar-refractivity contribution in [2.75, 3.05) is 0 Å². The number of hydrogen-bond acceptors (Lipinski definition) is 3. The molecule has 0 aliphatic heterocycles. The number of halogens is 2. The lowest BCUT2D eigenvalue weighted by atomic mass is 10.3. The number of aromatic amines is 1. The second kappa shape index (κ2) is 5.02. The first-order valence-electron chi connectivity index (χ1n) is 4.95. The molecule has 0 unspecified atom stereocenters. The molecule has 0 bridgehead atoms. The van der Waals surface area contributed by atoms with Crippen molar-refractivity contribution in [2.45, 2.75) is 0 Å². The molecule has 1 heterocycles. The maximum absolute atomic E-state index is 11.7. The lowest BCUT2D eigenvalue weighted by Crippen LogP contribution is -2.32. The van der Waals surface area contributed by atoms with Gasteiger partial charge in [0.05, 0.1) is 5.69 Å². The van der Waals surface area contributed by atoms with Gasteiger partial charge in [-0.05, 0) is 34.1 Å². The zero-order valence-electron chi connectivity index (χ0n) is 9.18. The highest BCUT2D eigenvalue weighted by Crippen LogP contribution is 2.23. The Kier molecular flexibility index (Phi) is 3.59. The van der Waals surface area contributed by atoms with Crippen LogP contribution in [0.3, 0.4) is 0 Å². The Labute approximate surface area is 119 Å². The van der Waals surface area contributed by atoms with Gasteiger partial charge in [0, 0.05) is 15.7 Å². The molecule has 0 spiro atoms. The molecule has 0 saturated carbocycles. The monoisotopic (exact) mass is 344 g/mol. The minimum absolute atomic E-state index is 0.369. The van der Waals surface area contributed by atoms with Crippen LogP contribution in [0.4, 0.5) is 0 Å². The van der Waals surface area contributed by atoms with E-state index >= 15 is 0 Å². The average molecular weight is 346 g/mol. The Morgan fingerprint density at radius 1 is 1.37 bits per heavy atom. The van der Waals surface area contributed by atoms with Crippen molar-refractivity contribution in [3.05, 3.63) is 60.3 Å². The number of aromatic carboxylic acids is 1. The van der Waals surface area contributed by atoms with Gasteiger partial charge in [-0.25, -0.2) is 9.59 Å². The molecular formula is C11H6BrClN2O4. The lowest BCUT2D eigenvalue weighted by Gasteiger charge is -2.08. The van der Waals surface area contributed by atoms with Crippen LogP contribution in [0.2, 0.25) is 5.02 Å². The summed E-state index contributed by atoms with van der Waals surface area (Å²) in [6, 6.07) is 4.62. The summed E-state index contributed by atoms with van der Waals surface area (Å²) < 4.78 is 1.51. The zero-order chi connectivity index (χ0) is 14.2. The molecular weight excluding hydrogens is 339 g/mol. The van der Waals surface area contributed by atoms with Crippen LogP contribution in [-0.4, -0.2) is 20.6 Å². The summed E-state index contributed by atoms with van der Waals surface area (Å²) in [6.07, 6.45) is 0.970. The van der Waals surface area contributed by atoms with E-state index < -0.39 is 22.8 Å². The van der Waals surface area contributed by atoms with Gasteiger partial charge in [-0.15, -0.1) is 0 Å². The number of rotatable bonds is 2. The molecule has 2 N–H and O–H groups in total. The summed E-state index contributed by atoms with van der Waals surface area (Å²) >= 11 is 9.00. The fourth-order valence-corrected chi connectivity index (χ4v) is 2.35. The molecule has 19 heavy (non-hydrogen) atoms. The van der Waals surface area contributed by atoms with Crippen molar-refractivity contribution in [3.63, 3.8) is 0 Å². The molecule has 0 radical (unpaired) electrons. The minimum atomic E-state index is -1.42. The number of hydrogen-bond donors (Lipinski definition) is 2. The summed E-state index contributed by atoms with van der Waals surface area (Å²) in [6.45, 7) is 0. The van der Waals surface area contributed by atoms with E-state index in [-0.39, 0.29) is 0 Å². The standard InChI is InChI=1S/C11H6BrClN2O4/c12-7-3-5(13)1-2-8(7)15-4-6(10(17)18)9(16)14-11(15)19/h1-4H,(H,17,18)(H,14,16,19). The summed E-state index contributed by atoms with van der Waals surface area (Å²) in [5, 5.41) is 9.32. The van der Waals surface area contributed by atoms with Gasteiger partial charge in [0.25, 0.3) is 5.56 Å².